The molecule has 2 rings (SSSR count). The Morgan fingerprint density at radius 2 is 2.16 bits per heavy atom. The van der Waals surface area contributed by atoms with Crippen molar-refractivity contribution in [3.63, 3.8) is 0 Å². The van der Waals surface area contributed by atoms with Crippen molar-refractivity contribution in [2.45, 2.75) is 38.6 Å². The number of halogens is 1. The summed E-state index contributed by atoms with van der Waals surface area (Å²) >= 11 is 0. The number of benzene rings is 1. The van der Waals surface area contributed by atoms with Gasteiger partial charge >= 0.3 is 5.97 Å². The van der Waals surface area contributed by atoms with Crippen LogP contribution >= 0.6 is 0 Å². The zero-order chi connectivity index (χ0) is 14.0. The summed E-state index contributed by atoms with van der Waals surface area (Å²) in [5.41, 5.74) is 1.51. The van der Waals surface area contributed by atoms with E-state index in [0.29, 0.717) is 5.69 Å². The molecular weight excluding hydrogens is 249 g/mol. The van der Waals surface area contributed by atoms with Gasteiger partial charge in [0.2, 0.25) is 5.91 Å². The van der Waals surface area contributed by atoms with Gasteiger partial charge in [-0.15, -0.1) is 0 Å². The summed E-state index contributed by atoms with van der Waals surface area (Å²) in [5.74, 6) is -1.52. The van der Waals surface area contributed by atoms with Gasteiger partial charge in [0.15, 0.2) is 0 Å². The van der Waals surface area contributed by atoms with E-state index in [4.69, 9.17) is 5.11 Å². The quantitative estimate of drug-likeness (QED) is 0.912. The van der Waals surface area contributed by atoms with Crippen molar-refractivity contribution in [1.29, 1.82) is 0 Å². The largest absolute Gasteiger partial charge is 0.481 e. The van der Waals surface area contributed by atoms with Crippen LogP contribution in [0.25, 0.3) is 0 Å². The maximum atomic E-state index is 13.2. The van der Waals surface area contributed by atoms with Gasteiger partial charge in [-0.1, -0.05) is 0 Å². The number of rotatable bonds is 3. The first-order valence-electron chi connectivity index (χ1n) is 6.31. The molecule has 0 spiro atoms. The second-order valence-corrected chi connectivity index (χ2v) is 4.82. The van der Waals surface area contributed by atoms with Crippen molar-refractivity contribution < 1.29 is 19.1 Å². The average molecular weight is 265 g/mol. The third kappa shape index (κ3) is 2.92. The lowest BCUT2D eigenvalue weighted by atomic mass is 9.96. The van der Waals surface area contributed by atoms with Crippen LogP contribution in [0.5, 0.6) is 0 Å². The van der Waals surface area contributed by atoms with Crippen molar-refractivity contribution in [1.82, 2.24) is 0 Å². The van der Waals surface area contributed by atoms with E-state index in [1.54, 1.807) is 11.0 Å². The summed E-state index contributed by atoms with van der Waals surface area (Å²) in [4.78, 5) is 24.3. The molecule has 102 valence electrons. The van der Waals surface area contributed by atoms with E-state index in [0.717, 1.165) is 18.4 Å². The number of hydrogen-bond donors (Lipinski definition) is 1. The molecule has 0 unspecified atom stereocenters. The smallest absolute Gasteiger partial charge is 0.303 e. The van der Waals surface area contributed by atoms with Crippen molar-refractivity contribution in [3.05, 3.63) is 29.6 Å². The molecule has 5 heteroatoms. The highest BCUT2D eigenvalue weighted by molar-refractivity contribution is 5.96. The first-order chi connectivity index (χ1) is 8.99. The maximum Gasteiger partial charge on any atom is 0.303 e. The maximum absolute atomic E-state index is 13.2. The molecule has 0 bridgehead atoms. The van der Waals surface area contributed by atoms with Gasteiger partial charge in [0.25, 0.3) is 0 Å². The Morgan fingerprint density at radius 3 is 2.84 bits per heavy atom. The van der Waals surface area contributed by atoms with Crippen molar-refractivity contribution in [3.8, 4) is 0 Å². The number of nitrogens with zero attached hydrogens (tertiary/aromatic N) is 1. The summed E-state index contributed by atoms with van der Waals surface area (Å²) in [6.07, 6.45) is 1.28. The number of hydrogen-bond acceptors (Lipinski definition) is 2. The molecule has 4 nitrogen and oxygen atoms in total. The highest BCUT2D eigenvalue weighted by atomic mass is 19.1. The summed E-state index contributed by atoms with van der Waals surface area (Å²) < 4.78 is 13.2. The van der Waals surface area contributed by atoms with Gasteiger partial charge in [-0.2, -0.15) is 0 Å². The molecule has 0 saturated heterocycles. The Hall–Kier alpha value is -1.91. The summed E-state index contributed by atoms with van der Waals surface area (Å²) in [7, 11) is 0. The molecule has 0 radical (unpaired) electrons. The molecule has 19 heavy (non-hydrogen) atoms. The fourth-order valence-corrected chi connectivity index (χ4v) is 2.43. The highest BCUT2D eigenvalue weighted by Gasteiger charge is 2.28. The van der Waals surface area contributed by atoms with Gasteiger partial charge in [0, 0.05) is 18.2 Å². The van der Waals surface area contributed by atoms with Crippen LogP contribution in [0.2, 0.25) is 0 Å². The molecule has 1 aliphatic rings. The zero-order valence-corrected chi connectivity index (χ0v) is 10.7. The normalized spacial score (nSPS) is 18.0. The summed E-state index contributed by atoms with van der Waals surface area (Å²) in [6, 6.07) is 4.38. The Labute approximate surface area is 110 Å². The van der Waals surface area contributed by atoms with Crippen molar-refractivity contribution in [2.75, 3.05) is 4.90 Å². The third-order valence-corrected chi connectivity index (χ3v) is 3.39. The molecule has 1 aromatic rings. The van der Waals surface area contributed by atoms with E-state index in [2.05, 4.69) is 0 Å². The molecule has 0 aromatic heterocycles. The van der Waals surface area contributed by atoms with Crippen LogP contribution in [0.15, 0.2) is 18.2 Å². The lowest BCUT2D eigenvalue weighted by Crippen LogP contribution is -2.42. The molecule has 1 heterocycles. The van der Waals surface area contributed by atoms with Crippen molar-refractivity contribution in [2.24, 2.45) is 0 Å². The van der Waals surface area contributed by atoms with Gasteiger partial charge < -0.3 is 10.0 Å². The number of amides is 1. The Bertz CT molecular complexity index is 515. The van der Waals surface area contributed by atoms with Gasteiger partial charge in [-0.05, 0) is 43.5 Å². The molecule has 1 aliphatic heterocycles. The third-order valence-electron chi connectivity index (χ3n) is 3.39. The lowest BCUT2D eigenvalue weighted by molar-refractivity contribution is -0.138. The average Bonchev–Trinajstić information content (AvgIpc) is 2.36. The minimum Gasteiger partial charge on any atom is -0.481 e. The van der Waals surface area contributed by atoms with E-state index in [9.17, 15) is 14.0 Å². The first kappa shape index (κ1) is 13.5. The van der Waals surface area contributed by atoms with Crippen LogP contribution in [0, 0.1) is 5.82 Å². The second-order valence-electron chi connectivity index (χ2n) is 4.82. The van der Waals surface area contributed by atoms with E-state index in [1.165, 1.54) is 12.1 Å². The number of fused-ring (bicyclic) bond motifs is 1. The first-order valence-corrected chi connectivity index (χ1v) is 6.31. The van der Waals surface area contributed by atoms with E-state index >= 15 is 0 Å². The number of carbonyl (C=O) groups excluding carboxylic acids is 1. The van der Waals surface area contributed by atoms with Gasteiger partial charge in [-0.3, -0.25) is 9.59 Å². The van der Waals surface area contributed by atoms with Crippen LogP contribution < -0.4 is 4.90 Å². The molecule has 1 N–H and O–H groups in total. The number of carboxylic acids is 1. The number of aliphatic carboxylic acids is 1. The second kappa shape index (κ2) is 5.38. The fraction of sp³-hybridized carbons (Fsp3) is 0.429. The molecule has 0 saturated carbocycles. The van der Waals surface area contributed by atoms with E-state index < -0.39 is 5.97 Å². The van der Waals surface area contributed by atoms with Crippen LogP contribution in [0.1, 0.15) is 31.7 Å². The van der Waals surface area contributed by atoms with Crippen LogP contribution in [0.4, 0.5) is 10.1 Å². The Kier molecular flexibility index (Phi) is 3.83. The molecule has 1 atom stereocenters. The molecule has 1 aromatic carbocycles. The predicted octanol–water partition coefficient (Wildman–Crippen LogP) is 2.36. The SMILES string of the molecule is C[C@@H]1CCc2cc(F)ccc2N1C(=O)CCC(=O)O. The van der Waals surface area contributed by atoms with Crippen molar-refractivity contribution >= 4 is 17.6 Å². The minimum absolute atomic E-state index is 0.0132. The Balaban J connectivity index is 2.25. The monoisotopic (exact) mass is 265 g/mol. The summed E-state index contributed by atoms with van der Waals surface area (Å²) in [5, 5.41) is 8.64. The van der Waals surface area contributed by atoms with Gasteiger partial charge in [-0.25, -0.2) is 4.39 Å². The lowest BCUT2D eigenvalue weighted by Gasteiger charge is -2.35. The van der Waals surface area contributed by atoms with E-state index in [-0.39, 0.29) is 30.6 Å². The highest BCUT2D eigenvalue weighted by Crippen LogP contribution is 2.31. The van der Waals surface area contributed by atoms with Crippen LogP contribution in [-0.4, -0.2) is 23.0 Å². The number of carbonyl (C=O) groups is 2. The Morgan fingerprint density at radius 1 is 1.42 bits per heavy atom. The van der Waals surface area contributed by atoms with Gasteiger partial charge in [0.05, 0.1) is 6.42 Å². The zero-order valence-electron chi connectivity index (χ0n) is 10.7. The molecular formula is C14H16FNO3. The van der Waals surface area contributed by atoms with Crippen LogP contribution in [-0.2, 0) is 16.0 Å². The molecule has 0 aliphatic carbocycles. The molecule has 1 amide bonds. The minimum atomic E-state index is -0.989. The van der Waals surface area contributed by atoms with Crippen LogP contribution in [0.3, 0.4) is 0 Å². The number of aryl methyl sites for hydroxylation is 1. The van der Waals surface area contributed by atoms with Gasteiger partial charge in [0.1, 0.15) is 5.82 Å². The predicted molar refractivity (Wildman–Crippen MR) is 68.5 cm³/mol. The number of anilines is 1. The molecule has 0 fully saturated rings. The van der Waals surface area contributed by atoms with E-state index in [1.807, 2.05) is 6.92 Å². The fourth-order valence-electron chi connectivity index (χ4n) is 2.43. The topological polar surface area (TPSA) is 57.6 Å². The standard InChI is InChI=1S/C14H16FNO3/c1-9-2-3-10-8-11(15)4-5-12(10)16(9)13(17)6-7-14(18)19/h4-5,8-9H,2-3,6-7H2,1H3,(H,18,19)/t9-/m1/s1. The summed E-state index contributed by atoms with van der Waals surface area (Å²) in [6.45, 7) is 1.92. The number of carboxylic acid groups (broad SMARTS) is 1.